The van der Waals surface area contributed by atoms with Crippen molar-refractivity contribution < 1.29 is 9.53 Å². The van der Waals surface area contributed by atoms with Gasteiger partial charge in [-0.05, 0) is 50.6 Å². The van der Waals surface area contributed by atoms with E-state index in [9.17, 15) is 4.79 Å². The van der Waals surface area contributed by atoms with Gasteiger partial charge in [0.1, 0.15) is 17.2 Å². The number of hydrogen-bond donors (Lipinski definition) is 1. The summed E-state index contributed by atoms with van der Waals surface area (Å²) in [7, 11) is 1.72. The standard InChI is InChI=1S/C24H31ClN6O2/c1-18-23(31-17-19(25)9-10-22(31)27-18)30(24(26)32)12-6-5-11-28-13-15-29(16-14-28)20-7-3-4-8-21(20)33-2/h3-4,7-10,17H,5-6,11-16H2,1-2H3,(H2,26,32). The first-order valence-corrected chi connectivity index (χ1v) is 11.7. The van der Waals surface area contributed by atoms with Crippen LogP contribution >= 0.6 is 11.6 Å². The van der Waals surface area contributed by atoms with Gasteiger partial charge in [-0.15, -0.1) is 0 Å². The predicted octanol–water partition coefficient (Wildman–Crippen LogP) is 3.79. The van der Waals surface area contributed by atoms with Gasteiger partial charge in [0.05, 0.1) is 23.5 Å². The third-order valence-electron chi connectivity index (χ3n) is 6.15. The fourth-order valence-corrected chi connectivity index (χ4v) is 4.64. The minimum absolute atomic E-state index is 0.481. The number of pyridine rings is 1. The number of carbonyl (C=O) groups is 1. The number of carbonyl (C=O) groups excluding carboxylic acids is 1. The van der Waals surface area contributed by atoms with E-state index in [-0.39, 0.29) is 0 Å². The van der Waals surface area contributed by atoms with Gasteiger partial charge in [-0.25, -0.2) is 9.78 Å². The molecule has 1 fully saturated rings. The van der Waals surface area contributed by atoms with Crippen LogP contribution in [0, 0.1) is 6.92 Å². The maximum atomic E-state index is 12.2. The third-order valence-corrected chi connectivity index (χ3v) is 6.37. The number of urea groups is 1. The van der Waals surface area contributed by atoms with E-state index in [4.69, 9.17) is 22.1 Å². The van der Waals surface area contributed by atoms with Crippen molar-refractivity contribution in [1.82, 2.24) is 14.3 Å². The molecule has 0 bridgehead atoms. The second kappa shape index (κ2) is 10.3. The molecule has 3 aromatic rings. The van der Waals surface area contributed by atoms with Gasteiger partial charge < -0.3 is 15.4 Å². The molecular formula is C24H31ClN6O2. The average Bonchev–Trinajstić information content (AvgIpc) is 3.14. The summed E-state index contributed by atoms with van der Waals surface area (Å²) in [6.45, 7) is 7.35. The lowest BCUT2D eigenvalue weighted by molar-refractivity contribution is 0.248. The SMILES string of the molecule is COc1ccccc1N1CCN(CCCCN(C(N)=O)c2c(C)nc3ccc(Cl)cn23)CC1. The number of anilines is 2. The summed E-state index contributed by atoms with van der Waals surface area (Å²) in [5, 5.41) is 0.581. The van der Waals surface area contributed by atoms with Crippen molar-refractivity contribution in [1.29, 1.82) is 0 Å². The van der Waals surface area contributed by atoms with E-state index in [0.29, 0.717) is 17.4 Å². The molecule has 4 rings (SSSR count). The Morgan fingerprint density at radius 2 is 1.91 bits per heavy atom. The highest BCUT2D eigenvalue weighted by Gasteiger charge is 2.22. The summed E-state index contributed by atoms with van der Waals surface area (Å²) >= 11 is 6.16. The van der Waals surface area contributed by atoms with Crippen LogP contribution in [-0.4, -0.2) is 66.7 Å². The van der Waals surface area contributed by atoms with Crippen molar-refractivity contribution in [3.05, 3.63) is 53.3 Å². The minimum Gasteiger partial charge on any atom is -0.495 e. The number of primary amides is 1. The first-order chi connectivity index (χ1) is 16.0. The number of ether oxygens (including phenoxy) is 1. The van der Waals surface area contributed by atoms with Crippen LogP contribution in [0.4, 0.5) is 16.3 Å². The zero-order valence-electron chi connectivity index (χ0n) is 19.2. The number of aryl methyl sites for hydroxylation is 1. The molecule has 9 heteroatoms. The van der Waals surface area contributed by atoms with E-state index in [2.05, 4.69) is 20.9 Å². The van der Waals surface area contributed by atoms with Crippen molar-refractivity contribution in [2.24, 2.45) is 5.73 Å². The Hall–Kier alpha value is -2.97. The predicted molar refractivity (Wildman–Crippen MR) is 133 cm³/mol. The molecule has 8 nitrogen and oxygen atoms in total. The van der Waals surface area contributed by atoms with Gasteiger partial charge in [-0.1, -0.05) is 23.7 Å². The van der Waals surface area contributed by atoms with Crippen molar-refractivity contribution >= 4 is 34.8 Å². The number of fused-ring (bicyclic) bond motifs is 1. The molecule has 176 valence electrons. The number of piperazine rings is 1. The molecule has 3 heterocycles. The Bertz CT molecular complexity index is 1110. The van der Waals surface area contributed by atoms with Gasteiger partial charge in [-0.3, -0.25) is 14.2 Å². The minimum atomic E-state index is -0.481. The summed E-state index contributed by atoms with van der Waals surface area (Å²) in [5.41, 5.74) is 8.38. The molecule has 0 atom stereocenters. The maximum Gasteiger partial charge on any atom is 0.320 e. The number of unbranched alkanes of at least 4 members (excludes halogenated alkanes) is 1. The van der Waals surface area contributed by atoms with Crippen LogP contribution in [-0.2, 0) is 0 Å². The van der Waals surface area contributed by atoms with Crippen molar-refractivity contribution in [2.75, 3.05) is 56.2 Å². The fourth-order valence-electron chi connectivity index (χ4n) is 4.48. The van der Waals surface area contributed by atoms with Gasteiger partial charge >= 0.3 is 6.03 Å². The van der Waals surface area contributed by atoms with Crippen LogP contribution in [0.5, 0.6) is 5.75 Å². The van der Waals surface area contributed by atoms with E-state index in [0.717, 1.165) is 68.3 Å². The molecule has 1 aliphatic heterocycles. The Morgan fingerprint density at radius 1 is 1.15 bits per heavy atom. The van der Waals surface area contributed by atoms with Gasteiger partial charge in [0, 0.05) is 38.9 Å². The molecule has 0 spiro atoms. The Morgan fingerprint density at radius 3 is 2.64 bits per heavy atom. The summed E-state index contributed by atoms with van der Waals surface area (Å²) in [4.78, 5) is 23.2. The number of nitrogens with two attached hydrogens (primary N) is 1. The number of aromatic nitrogens is 2. The smallest absolute Gasteiger partial charge is 0.320 e. The Kier molecular flexibility index (Phi) is 7.25. The van der Waals surface area contributed by atoms with Crippen LogP contribution in [0.25, 0.3) is 5.65 Å². The van der Waals surface area contributed by atoms with Gasteiger partial charge in [0.15, 0.2) is 0 Å². The van der Waals surface area contributed by atoms with E-state index >= 15 is 0 Å². The number of halogens is 1. The number of methoxy groups -OCH3 is 1. The lowest BCUT2D eigenvalue weighted by Crippen LogP contribution is -2.46. The molecule has 1 saturated heterocycles. The average molecular weight is 471 g/mol. The molecule has 0 unspecified atom stereocenters. The highest BCUT2D eigenvalue weighted by atomic mass is 35.5. The molecular weight excluding hydrogens is 440 g/mol. The Labute approximate surface area is 199 Å². The van der Waals surface area contributed by atoms with Crippen LogP contribution in [0.1, 0.15) is 18.5 Å². The fraction of sp³-hybridized carbons (Fsp3) is 0.417. The summed E-state index contributed by atoms with van der Waals surface area (Å²) in [5.74, 6) is 1.60. The quantitative estimate of drug-likeness (QED) is 0.507. The zero-order chi connectivity index (χ0) is 23.4. The summed E-state index contributed by atoms with van der Waals surface area (Å²) in [6.07, 6.45) is 3.60. The second-order valence-electron chi connectivity index (χ2n) is 8.29. The summed E-state index contributed by atoms with van der Waals surface area (Å²) in [6, 6.07) is 11.3. The largest absolute Gasteiger partial charge is 0.495 e. The van der Waals surface area contributed by atoms with E-state index in [1.165, 1.54) is 0 Å². The first kappa shape index (κ1) is 23.2. The zero-order valence-corrected chi connectivity index (χ0v) is 20.0. The number of rotatable bonds is 8. The van der Waals surface area contributed by atoms with E-state index in [1.54, 1.807) is 24.3 Å². The second-order valence-corrected chi connectivity index (χ2v) is 8.73. The van der Waals surface area contributed by atoms with Crippen LogP contribution < -0.4 is 20.3 Å². The van der Waals surface area contributed by atoms with Gasteiger partial charge in [-0.2, -0.15) is 0 Å². The highest BCUT2D eigenvalue weighted by molar-refractivity contribution is 6.30. The highest BCUT2D eigenvalue weighted by Crippen LogP contribution is 2.28. The van der Waals surface area contributed by atoms with E-state index < -0.39 is 6.03 Å². The number of nitrogens with zero attached hydrogens (tertiary/aromatic N) is 5. The topological polar surface area (TPSA) is 79.3 Å². The maximum absolute atomic E-state index is 12.2. The number of amides is 2. The number of para-hydroxylation sites is 2. The lowest BCUT2D eigenvalue weighted by Gasteiger charge is -2.36. The van der Waals surface area contributed by atoms with Crippen molar-refractivity contribution in [2.45, 2.75) is 19.8 Å². The molecule has 1 aromatic carbocycles. The monoisotopic (exact) mass is 470 g/mol. The van der Waals surface area contributed by atoms with Crippen LogP contribution in [0.2, 0.25) is 5.02 Å². The third kappa shape index (κ3) is 5.17. The number of imidazole rings is 1. The Balaban J connectivity index is 1.30. The van der Waals surface area contributed by atoms with Crippen molar-refractivity contribution in [3.8, 4) is 5.75 Å². The molecule has 0 radical (unpaired) electrons. The van der Waals surface area contributed by atoms with Crippen molar-refractivity contribution in [3.63, 3.8) is 0 Å². The van der Waals surface area contributed by atoms with Gasteiger partial charge in [0.25, 0.3) is 0 Å². The van der Waals surface area contributed by atoms with E-state index in [1.807, 2.05) is 35.6 Å². The molecule has 0 aliphatic carbocycles. The number of benzene rings is 1. The van der Waals surface area contributed by atoms with Crippen LogP contribution in [0.15, 0.2) is 42.6 Å². The number of hydrogen-bond acceptors (Lipinski definition) is 5. The van der Waals surface area contributed by atoms with Crippen LogP contribution in [0.3, 0.4) is 0 Å². The molecule has 2 aromatic heterocycles. The molecule has 0 saturated carbocycles. The lowest BCUT2D eigenvalue weighted by atomic mass is 10.2. The molecule has 2 amide bonds. The molecule has 1 aliphatic rings. The molecule has 33 heavy (non-hydrogen) atoms. The summed E-state index contributed by atoms with van der Waals surface area (Å²) < 4.78 is 7.34. The first-order valence-electron chi connectivity index (χ1n) is 11.3. The van der Waals surface area contributed by atoms with Gasteiger partial charge in [0.2, 0.25) is 0 Å². The molecule has 2 N–H and O–H groups in total. The normalized spacial score (nSPS) is 14.6.